The summed E-state index contributed by atoms with van der Waals surface area (Å²) in [6, 6.07) is 6.76. The van der Waals surface area contributed by atoms with Crippen LogP contribution in [-0.2, 0) is 23.9 Å². The number of hydrogen-bond donors (Lipinski definition) is 2. The molecule has 0 bridgehead atoms. The van der Waals surface area contributed by atoms with Crippen LogP contribution in [0.25, 0.3) is 0 Å². The smallest absolute Gasteiger partial charge is 0.306 e. The molecule has 23 heavy (non-hydrogen) atoms. The van der Waals surface area contributed by atoms with Gasteiger partial charge in [-0.1, -0.05) is 0 Å². The Morgan fingerprint density at radius 2 is 1.78 bits per heavy atom. The number of rotatable bonds is 6. The molecular formula is C16H20N2O5. The molecule has 1 aromatic rings. The van der Waals surface area contributed by atoms with Crippen molar-refractivity contribution in [2.24, 2.45) is 0 Å². The topological polar surface area (TPSA) is 93.7 Å². The van der Waals surface area contributed by atoms with Gasteiger partial charge in [0.15, 0.2) is 0 Å². The summed E-state index contributed by atoms with van der Waals surface area (Å²) >= 11 is 0. The van der Waals surface area contributed by atoms with Gasteiger partial charge in [-0.2, -0.15) is 0 Å². The number of hydrogen-bond acceptors (Lipinski definition) is 5. The Morgan fingerprint density at radius 3 is 2.35 bits per heavy atom. The van der Waals surface area contributed by atoms with Crippen molar-refractivity contribution in [2.45, 2.75) is 31.8 Å². The highest BCUT2D eigenvalue weighted by atomic mass is 16.5. The first-order valence-electron chi connectivity index (χ1n) is 7.47. The summed E-state index contributed by atoms with van der Waals surface area (Å²) < 4.78 is 9.79. The van der Waals surface area contributed by atoms with Crippen LogP contribution in [-0.4, -0.2) is 37.6 Å². The summed E-state index contributed by atoms with van der Waals surface area (Å²) in [5.41, 5.74) is 1.23. The van der Waals surface area contributed by atoms with Crippen molar-refractivity contribution in [2.75, 3.05) is 24.4 Å². The number of methoxy groups -OCH3 is 1. The lowest BCUT2D eigenvalue weighted by Crippen LogP contribution is -2.26. The fraction of sp³-hybridized carbons (Fsp3) is 0.438. The molecule has 0 saturated carbocycles. The van der Waals surface area contributed by atoms with Gasteiger partial charge in [0.2, 0.25) is 5.91 Å². The maximum Gasteiger partial charge on any atom is 0.306 e. The van der Waals surface area contributed by atoms with Crippen molar-refractivity contribution >= 4 is 29.2 Å². The molecule has 2 amide bonds. The first-order valence-corrected chi connectivity index (χ1v) is 7.47. The minimum Gasteiger partial charge on any atom is -0.469 e. The summed E-state index contributed by atoms with van der Waals surface area (Å²) in [4.78, 5) is 34.5. The zero-order valence-corrected chi connectivity index (χ0v) is 13.0. The summed E-state index contributed by atoms with van der Waals surface area (Å²) in [7, 11) is 1.28. The predicted molar refractivity (Wildman–Crippen MR) is 83.9 cm³/mol. The Bertz CT molecular complexity index is 564. The molecule has 0 aromatic heterocycles. The molecule has 1 fully saturated rings. The number of carbonyl (C=O) groups excluding carboxylic acids is 3. The average Bonchev–Trinajstić information content (AvgIpc) is 3.09. The van der Waals surface area contributed by atoms with E-state index in [-0.39, 0.29) is 30.8 Å². The van der Waals surface area contributed by atoms with E-state index in [9.17, 15) is 14.4 Å². The number of ether oxygens (including phenoxy) is 2. The molecule has 2 rings (SSSR count). The van der Waals surface area contributed by atoms with Gasteiger partial charge in [-0.25, -0.2) is 0 Å². The van der Waals surface area contributed by atoms with Crippen LogP contribution in [0.4, 0.5) is 11.4 Å². The number of benzene rings is 1. The molecule has 0 radical (unpaired) electrons. The highest BCUT2D eigenvalue weighted by Crippen LogP contribution is 2.17. The summed E-state index contributed by atoms with van der Waals surface area (Å²) in [5, 5.41) is 5.45. The van der Waals surface area contributed by atoms with E-state index >= 15 is 0 Å². The molecule has 0 aliphatic carbocycles. The SMILES string of the molecule is COC(=O)CCC(=O)Nc1ccc(NC(=O)C2CCCO2)cc1. The second-order valence-electron chi connectivity index (χ2n) is 5.19. The maximum absolute atomic E-state index is 11.9. The van der Waals surface area contributed by atoms with Crippen molar-refractivity contribution in [3.63, 3.8) is 0 Å². The predicted octanol–water partition coefficient (Wildman–Crippen LogP) is 1.70. The van der Waals surface area contributed by atoms with Gasteiger partial charge in [0.1, 0.15) is 6.10 Å². The van der Waals surface area contributed by atoms with Crippen molar-refractivity contribution in [1.29, 1.82) is 0 Å². The van der Waals surface area contributed by atoms with Gasteiger partial charge in [-0.3, -0.25) is 14.4 Å². The van der Waals surface area contributed by atoms with E-state index in [0.29, 0.717) is 18.0 Å². The van der Waals surface area contributed by atoms with Crippen LogP contribution in [0.15, 0.2) is 24.3 Å². The highest BCUT2D eigenvalue weighted by molar-refractivity contribution is 5.95. The first kappa shape index (κ1) is 17.0. The fourth-order valence-corrected chi connectivity index (χ4v) is 2.19. The summed E-state index contributed by atoms with van der Waals surface area (Å²) in [6.07, 6.45) is 1.35. The third-order valence-electron chi connectivity index (χ3n) is 3.44. The number of anilines is 2. The monoisotopic (exact) mass is 320 g/mol. The molecule has 7 heteroatoms. The fourth-order valence-electron chi connectivity index (χ4n) is 2.19. The van der Waals surface area contributed by atoms with Gasteiger partial charge in [0, 0.05) is 24.4 Å². The van der Waals surface area contributed by atoms with E-state index in [1.807, 2.05) is 0 Å². The Hall–Kier alpha value is -2.41. The van der Waals surface area contributed by atoms with E-state index in [2.05, 4.69) is 15.4 Å². The van der Waals surface area contributed by atoms with Crippen LogP contribution in [0, 0.1) is 0 Å². The highest BCUT2D eigenvalue weighted by Gasteiger charge is 2.23. The quantitative estimate of drug-likeness (QED) is 0.778. The molecule has 7 nitrogen and oxygen atoms in total. The van der Waals surface area contributed by atoms with Crippen LogP contribution in [0.3, 0.4) is 0 Å². The number of nitrogens with one attached hydrogen (secondary N) is 2. The van der Waals surface area contributed by atoms with Crippen molar-refractivity contribution < 1.29 is 23.9 Å². The van der Waals surface area contributed by atoms with Gasteiger partial charge >= 0.3 is 5.97 Å². The second kappa shape index (κ2) is 8.28. The van der Waals surface area contributed by atoms with Crippen molar-refractivity contribution in [3.8, 4) is 0 Å². The van der Waals surface area contributed by atoms with E-state index in [4.69, 9.17) is 4.74 Å². The van der Waals surface area contributed by atoms with Crippen LogP contribution >= 0.6 is 0 Å². The van der Waals surface area contributed by atoms with Gasteiger partial charge in [0.05, 0.1) is 13.5 Å². The molecule has 2 N–H and O–H groups in total. The Labute approximate surface area is 134 Å². The minimum atomic E-state index is -0.424. The lowest BCUT2D eigenvalue weighted by Gasteiger charge is -2.11. The summed E-state index contributed by atoms with van der Waals surface area (Å²) in [6.45, 7) is 0.620. The lowest BCUT2D eigenvalue weighted by molar-refractivity contribution is -0.141. The Kier molecular flexibility index (Phi) is 6.10. The van der Waals surface area contributed by atoms with Gasteiger partial charge in [0.25, 0.3) is 5.91 Å². The van der Waals surface area contributed by atoms with E-state index in [1.54, 1.807) is 24.3 Å². The lowest BCUT2D eigenvalue weighted by atomic mass is 10.2. The van der Waals surface area contributed by atoms with Crippen molar-refractivity contribution in [3.05, 3.63) is 24.3 Å². The standard InChI is InChI=1S/C16H20N2O5/c1-22-15(20)9-8-14(19)17-11-4-6-12(7-5-11)18-16(21)13-3-2-10-23-13/h4-7,13H,2-3,8-10H2,1H3,(H,17,19)(H,18,21). The minimum absolute atomic E-state index is 0.0395. The normalized spacial score (nSPS) is 16.7. The van der Waals surface area contributed by atoms with Crippen LogP contribution < -0.4 is 10.6 Å². The molecule has 124 valence electrons. The third-order valence-corrected chi connectivity index (χ3v) is 3.44. The van der Waals surface area contributed by atoms with Crippen LogP contribution in [0.5, 0.6) is 0 Å². The maximum atomic E-state index is 11.9. The molecule has 1 aliphatic rings. The second-order valence-corrected chi connectivity index (χ2v) is 5.19. The van der Waals surface area contributed by atoms with Crippen molar-refractivity contribution in [1.82, 2.24) is 0 Å². The van der Waals surface area contributed by atoms with Gasteiger partial charge in [-0.05, 0) is 37.1 Å². The molecule has 1 unspecified atom stereocenters. The molecular weight excluding hydrogens is 300 g/mol. The average molecular weight is 320 g/mol. The number of esters is 1. The Morgan fingerprint density at radius 1 is 1.13 bits per heavy atom. The first-order chi connectivity index (χ1) is 11.1. The van der Waals surface area contributed by atoms with E-state index in [1.165, 1.54) is 7.11 Å². The largest absolute Gasteiger partial charge is 0.469 e. The third kappa shape index (κ3) is 5.37. The van der Waals surface area contributed by atoms with Gasteiger partial charge < -0.3 is 20.1 Å². The Balaban J connectivity index is 1.80. The van der Waals surface area contributed by atoms with Crippen LogP contribution in [0.1, 0.15) is 25.7 Å². The molecule has 1 aliphatic heterocycles. The molecule has 1 saturated heterocycles. The number of amides is 2. The molecule has 1 atom stereocenters. The van der Waals surface area contributed by atoms with E-state index < -0.39 is 5.97 Å². The summed E-state index contributed by atoms with van der Waals surface area (Å²) in [5.74, 6) is -0.851. The molecule has 1 aromatic carbocycles. The molecule has 0 spiro atoms. The number of carbonyl (C=O) groups is 3. The zero-order valence-electron chi connectivity index (χ0n) is 13.0. The molecule has 1 heterocycles. The zero-order chi connectivity index (χ0) is 16.7. The van der Waals surface area contributed by atoms with Gasteiger partial charge in [-0.15, -0.1) is 0 Å². The van der Waals surface area contributed by atoms with Crippen LogP contribution in [0.2, 0.25) is 0 Å². The van der Waals surface area contributed by atoms with E-state index in [0.717, 1.165) is 12.8 Å².